The van der Waals surface area contributed by atoms with Crippen molar-refractivity contribution in [3.63, 3.8) is 0 Å². The van der Waals surface area contributed by atoms with Gasteiger partial charge in [0, 0.05) is 43.7 Å². The van der Waals surface area contributed by atoms with E-state index < -0.39 is 0 Å². The molecule has 1 fully saturated rings. The maximum atomic E-state index is 12.2. The van der Waals surface area contributed by atoms with Gasteiger partial charge in [-0.3, -0.25) is 9.69 Å². The van der Waals surface area contributed by atoms with Crippen LogP contribution in [0.4, 0.5) is 5.13 Å². The van der Waals surface area contributed by atoms with Crippen LogP contribution in [0.25, 0.3) is 10.2 Å². The molecule has 1 aliphatic heterocycles. The zero-order valence-corrected chi connectivity index (χ0v) is 18.4. The molecule has 1 aromatic heterocycles. The topological polar surface area (TPSA) is 48.5 Å². The number of hydrogen-bond acceptors (Lipinski definition) is 5. The molecule has 8 heteroatoms. The first-order chi connectivity index (χ1) is 13.6. The van der Waals surface area contributed by atoms with E-state index in [0.717, 1.165) is 47.8 Å². The molecule has 5 nitrogen and oxygen atoms in total. The molecule has 1 aliphatic rings. The van der Waals surface area contributed by atoms with Crippen LogP contribution in [0.2, 0.25) is 5.02 Å². The smallest absolute Gasteiger partial charge is 0.252 e. The number of anilines is 1. The summed E-state index contributed by atoms with van der Waals surface area (Å²) in [6.07, 6.45) is 0. The minimum Gasteiger partial charge on any atom is -0.351 e. The Hall–Kier alpha value is -1.67. The lowest BCUT2D eigenvalue weighted by atomic mass is 10.2. The summed E-state index contributed by atoms with van der Waals surface area (Å²) < 4.78 is 2.29. The van der Waals surface area contributed by atoms with E-state index in [4.69, 9.17) is 16.6 Å². The zero-order chi connectivity index (χ0) is 19.5. The molecule has 4 rings (SSSR count). The van der Waals surface area contributed by atoms with Crippen LogP contribution in [0, 0.1) is 0 Å². The van der Waals surface area contributed by atoms with E-state index >= 15 is 0 Å². The lowest BCUT2D eigenvalue weighted by Crippen LogP contribution is -2.48. The molecular formula is C20H20BrClN4OS. The number of hydrogen-bond donors (Lipinski definition) is 1. The molecule has 28 heavy (non-hydrogen) atoms. The van der Waals surface area contributed by atoms with Crippen LogP contribution < -0.4 is 10.2 Å². The van der Waals surface area contributed by atoms with Crippen LogP contribution in [0.5, 0.6) is 0 Å². The Morgan fingerprint density at radius 2 is 1.96 bits per heavy atom. The summed E-state index contributed by atoms with van der Waals surface area (Å²) in [4.78, 5) is 21.7. The van der Waals surface area contributed by atoms with Crippen LogP contribution in [-0.2, 0) is 0 Å². The summed E-state index contributed by atoms with van der Waals surface area (Å²) in [6.45, 7) is 5.25. The molecule has 2 heterocycles. The average Bonchev–Trinajstić information content (AvgIpc) is 3.12. The van der Waals surface area contributed by atoms with Crippen LogP contribution in [0.3, 0.4) is 0 Å². The van der Waals surface area contributed by atoms with E-state index in [0.29, 0.717) is 17.1 Å². The Bertz CT molecular complexity index is 987. The van der Waals surface area contributed by atoms with Gasteiger partial charge in [0.1, 0.15) is 0 Å². The Balaban J connectivity index is 1.26. The van der Waals surface area contributed by atoms with Crippen molar-refractivity contribution in [1.29, 1.82) is 0 Å². The van der Waals surface area contributed by atoms with Crippen molar-refractivity contribution in [2.24, 2.45) is 0 Å². The van der Waals surface area contributed by atoms with Gasteiger partial charge in [0.05, 0.1) is 20.8 Å². The molecule has 3 aromatic rings. The molecule has 2 aromatic carbocycles. The number of amides is 1. The second-order valence-corrected chi connectivity index (χ2v) is 9.00. The quantitative estimate of drug-likeness (QED) is 0.594. The molecule has 0 radical (unpaired) electrons. The zero-order valence-electron chi connectivity index (χ0n) is 15.2. The number of nitrogens with one attached hydrogen (secondary N) is 1. The normalized spacial score (nSPS) is 15.1. The molecular weight excluding hydrogens is 460 g/mol. The average molecular weight is 480 g/mol. The molecule has 0 atom stereocenters. The first kappa shape index (κ1) is 19.6. The molecule has 1 N–H and O–H groups in total. The van der Waals surface area contributed by atoms with Gasteiger partial charge in [0.2, 0.25) is 0 Å². The highest BCUT2D eigenvalue weighted by molar-refractivity contribution is 9.10. The van der Waals surface area contributed by atoms with Crippen LogP contribution in [0.1, 0.15) is 10.4 Å². The number of piperazine rings is 1. The molecule has 146 valence electrons. The van der Waals surface area contributed by atoms with Crippen LogP contribution in [0.15, 0.2) is 46.9 Å². The highest BCUT2D eigenvalue weighted by Crippen LogP contribution is 2.31. The van der Waals surface area contributed by atoms with Gasteiger partial charge in [-0.1, -0.05) is 51.0 Å². The summed E-state index contributed by atoms with van der Waals surface area (Å²) in [5, 5.41) is 4.53. The number of halogens is 2. The number of aromatic nitrogens is 1. The standard InChI is InChI=1S/C20H20BrClN4OS/c21-14-5-6-17-18(13-14)28-20(24-17)26-11-9-25(10-12-26)8-7-23-19(27)15-3-1-2-4-16(15)22/h1-6,13H,7-12H2,(H,23,27). The summed E-state index contributed by atoms with van der Waals surface area (Å²) in [5.41, 5.74) is 1.57. The summed E-state index contributed by atoms with van der Waals surface area (Å²) >= 11 is 11.3. The van der Waals surface area contributed by atoms with E-state index in [1.54, 1.807) is 23.5 Å². The summed E-state index contributed by atoms with van der Waals surface area (Å²) in [5.74, 6) is -0.120. The van der Waals surface area contributed by atoms with Gasteiger partial charge in [0.15, 0.2) is 5.13 Å². The van der Waals surface area contributed by atoms with Crippen molar-refractivity contribution in [1.82, 2.24) is 15.2 Å². The number of thiazole rings is 1. The van der Waals surface area contributed by atoms with Crippen LogP contribution >= 0.6 is 38.9 Å². The van der Waals surface area contributed by atoms with Gasteiger partial charge in [-0.15, -0.1) is 0 Å². The lowest BCUT2D eigenvalue weighted by molar-refractivity contribution is 0.0948. The maximum Gasteiger partial charge on any atom is 0.252 e. The first-order valence-electron chi connectivity index (χ1n) is 9.16. The van der Waals surface area contributed by atoms with Crippen molar-refractivity contribution in [3.05, 3.63) is 57.5 Å². The highest BCUT2D eigenvalue weighted by atomic mass is 79.9. The van der Waals surface area contributed by atoms with Crippen molar-refractivity contribution >= 4 is 60.1 Å². The number of carbonyl (C=O) groups is 1. The van der Waals surface area contributed by atoms with Gasteiger partial charge >= 0.3 is 0 Å². The Labute approximate surface area is 181 Å². The highest BCUT2D eigenvalue weighted by Gasteiger charge is 2.20. The second kappa shape index (κ2) is 8.78. The maximum absolute atomic E-state index is 12.2. The summed E-state index contributed by atoms with van der Waals surface area (Å²) in [6, 6.07) is 13.3. The van der Waals surface area contributed by atoms with E-state index in [9.17, 15) is 4.79 Å². The van der Waals surface area contributed by atoms with E-state index in [2.05, 4.69) is 43.2 Å². The van der Waals surface area contributed by atoms with Gasteiger partial charge in [-0.05, 0) is 30.3 Å². The van der Waals surface area contributed by atoms with Gasteiger partial charge in [-0.2, -0.15) is 0 Å². The third kappa shape index (κ3) is 4.49. The minimum absolute atomic E-state index is 0.120. The van der Waals surface area contributed by atoms with E-state index in [1.165, 1.54) is 4.70 Å². The predicted molar refractivity (Wildman–Crippen MR) is 120 cm³/mol. The van der Waals surface area contributed by atoms with Gasteiger partial charge in [-0.25, -0.2) is 4.98 Å². The molecule has 0 saturated carbocycles. The molecule has 0 aliphatic carbocycles. The van der Waals surface area contributed by atoms with Crippen molar-refractivity contribution < 1.29 is 4.79 Å². The number of carbonyl (C=O) groups excluding carboxylic acids is 1. The summed E-state index contributed by atoms with van der Waals surface area (Å²) in [7, 11) is 0. The third-order valence-electron chi connectivity index (χ3n) is 4.81. The monoisotopic (exact) mass is 478 g/mol. The molecule has 1 saturated heterocycles. The van der Waals surface area contributed by atoms with Crippen molar-refractivity contribution in [2.75, 3.05) is 44.2 Å². The Kier molecular flexibility index (Phi) is 6.16. The van der Waals surface area contributed by atoms with Crippen molar-refractivity contribution in [3.8, 4) is 0 Å². The number of fused-ring (bicyclic) bond motifs is 1. The number of rotatable bonds is 5. The fraction of sp³-hybridized carbons (Fsp3) is 0.300. The van der Waals surface area contributed by atoms with Crippen LogP contribution in [-0.4, -0.2) is 55.1 Å². The van der Waals surface area contributed by atoms with E-state index in [1.807, 2.05) is 18.2 Å². The molecule has 0 bridgehead atoms. The van der Waals surface area contributed by atoms with E-state index in [-0.39, 0.29) is 5.91 Å². The second-order valence-electron chi connectivity index (χ2n) is 6.67. The minimum atomic E-state index is -0.120. The third-order valence-corrected chi connectivity index (χ3v) is 6.72. The molecule has 1 amide bonds. The number of nitrogens with zero attached hydrogens (tertiary/aromatic N) is 3. The fourth-order valence-corrected chi connectivity index (χ4v) is 5.04. The molecule has 0 unspecified atom stereocenters. The van der Waals surface area contributed by atoms with Crippen molar-refractivity contribution in [2.45, 2.75) is 0 Å². The van der Waals surface area contributed by atoms with Gasteiger partial charge < -0.3 is 10.2 Å². The first-order valence-corrected chi connectivity index (χ1v) is 11.1. The predicted octanol–water partition coefficient (Wildman–Crippen LogP) is 4.26. The lowest BCUT2D eigenvalue weighted by Gasteiger charge is -2.34. The number of benzene rings is 2. The van der Waals surface area contributed by atoms with Gasteiger partial charge in [0.25, 0.3) is 5.91 Å². The SMILES string of the molecule is O=C(NCCN1CCN(c2nc3ccc(Br)cc3s2)CC1)c1ccccc1Cl. The largest absolute Gasteiger partial charge is 0.351 e. The fourth-order valence-electron chi connectivity index (χ4n) is 3.25. The molecule has 0 spiro atoms. The Morgan fingerprint density at radius 3 is 2.75 bits per heavy atom. The Morgan fingerprint density at radius 1 is 1.18 bits per heavy atom.